The summed E-state index contributed by atoms with van der Waals surface area (Å²) in [7, 11) is 2.75. The molecule has 0 saturated carbocycles. The molecule has 0 spiro atoms. The SMILES string of the molecule is COC(=O)c1ccc(COc2ccc(/C=C(\C#N)C(=O)Nc3ccc(C)cc3)cc2OC)o1. The van der Waals surface area contributed by atoms with Crippen LogP contribution in [0.3, 0.4) is 0 Å². The van der Waals surface area contributed by atoms with Gasteiger partial charge in [-0.15, -0.1) is 0 Å². The number of esters is 1. The number of carbonyl (C=O) groups is 2. The van der Waals surface area contributed by atoms with Gasteiger partial charge in [-0.05, 0) is 55.0 Å². The van der Waals surface area contributed by atoms with Crippen molar-refractivity contribution in [3.8, 4) is 17.6 Å². The molecule has 0 unspecified atom stereocenters. The van der Waals surface area contributed by atoms with Crippen molar-refractivity contribution in [2.45, 2.75) is 13.5 Å². The Morgan fingerprint density at radius 3 is 2.48 bits per heavy atom. The van der Waals surface area contributed by atoms with Crippen LogP contribution in [-0.2, 0) is 16.1 Å². The van der Waals surface area contributed by atoms with Crippen LogP contribution in [0.15, 0.2) is 64.6 Å². The molecule has 3 rings (SSSR count). The van der Waals surface area contributed by atoms with Gasteiger partial charge in [-0.2, -0.15) is 5.26 Å². The van der Waals surface area contributed by atoms with Crippen molar-refractivity contribution in [3.05, 3.63) is 82.8 Å². The number of amides is 1. The number of hydrogen-bond donors (Lipinski definition) is 1. The molecule has 0 aliphatic carbocycles. The molecule has 0 bridgehead atoms. The number of aryl methyl sites for hydroxylation is 1. The lowest BCUT2D eigenvalue weighted by Crippen LogP contribution is -2.13. The maximum atomic E-state index is 12.5. The predicted molar refractivity (Wildman–Crippen MR) is 121 cm³/mol. The minimum Gasteiger partial charge on any atom is -0.493 e. The van der Waals surface area contributed by atoms with Crippen LogP contribution in [0.5, 0.6) is 11.5 Å². The second-order valence-corrected chi connectivity index (χ2v) is 6.95. The van der Waals surface area contributed by atoms with E-state index in [-0.39, 0.29) is 17.9 Å². The number of ether oxygens (including phenoxy) is 3. The van der Waals surface area contributed by atoms with E-state index in [1.54, 1.807) is 36.4 Å². The molecule has 0 aliphatic heterocycles. The van der Waals surface area contributed by atoms with Gasteiger partial charge in [-0.3, -0.25) is 4.79 Å². The minimum absolute atomic E-state index is 0.0581. The van der Waals surface area contributed by atoms with Gasteiger partial charge >= 0.3 is 5.97 Å². The fraction of sp³-hybridized carbons (Fsp3) is 0.160. The fourth-order valence-electron chi connectivity index (χ4n) is 2.86. The summed E-state index contributed by atoms with van der Waals surface area (Å²) in [6, 6.07) is 17.3. The molecule has 1 heterocycles. The smallest absolute Gasteiger partial charge is 0.373 e. The van der Waals surface area contributed by atoms with E-state index in [2.05, 4.69) is 10.1 Å². The normalized spacial score (nSPS) is 10.8. The number of benzene rings is 2. The monoisotopic (exact) mass is 446 g/mol. The summed E-state index contributed by atoms with van der Waals surface area (Å²) in [5.41, 5.74) is 2.19. The highest BCUT2D eigenvalue weighted by atomic mass is 16.5. The van der Waals surface area contributed by atoms with E-state index in [0.717, 1.165) is 5.56 Å². The first-order valence-electron chi connectivity index (χ1n) is 9.91. The van der Waals surface area contributed by atoms with Gasteiger partial charge in [0.1, 0.15) is 24.0 Å². The molecule has 8 heteroatoms. The largest absolute Gasteiger partial charge is 0.493 e. The van der Waals surface area contributed by atoms with Crippen molar-refractivity contribution in [2.75, 3.05) is 19.5 Å². The van der Waals surface area contributed by atoms with Crippen molar-refractivity contribution < 1.29 is 28.2 Å². The highest BCUT2D eigenvalue weighted by Gasteiger charge is 2.14. The lowest BCUT2D eigenvalue weighted by Gasteiger charge is -2.11. The third kappa shape index (κ3) is 6.02. The molecule has 1 N–H and O–H groups in total. The van der Waals surface area contributed by atoms with E-state index >= 15 is 0 Å². The Bertz CT molecular complexity index is 1220. The highest BCUT2D eigenvalue weighted by molar-refractivity contribution is 6.09. The molecule has 0 aliphatic rings. The van der Waals surface area contributed by atoms with Crippen LogP contribution in [-0.4, -0.2) is 26.1 Å². The first-order chi connectivity index (χ1) is 15.9. The van der Waals surface area contributed by atoms with Crippen molar-refractivity contribution >= 4 is 23.6 Å². The average molecular weight is 446 g/mol. The van der Waals surface area contributed by atoms with E-state index in [1.807, 2.05) is 25.1 Å². The van der Waals surface area contributed by atoms with Gasteiger partial charge in [0.25, 0.3) is 5.91 Å². The van der Waals surface area contributed by atoms with Crippen molar-refractivity contribution in [3.63, 3.8) is 0 Å². The lowest BCUT2D eigenvalue weighted by molar-refractivity contribution is -0.112. The van der Waals surface area contributed by atoms with Crippen LogP contribution in [0.1, 0.15) is 27.4 Å². The van der Waals surface area contributed by atoms with Crippen LogP contribution in [0.4, 0.5) is 5.69 Å². The summed E-state index contributed by atoms with van der Waals surface area (Å²) in [5, 5.41) is 12.2. The average Bonchev–Trinajstić information content (AvgIpc) is 3.31. The molecule has 3 aromatic rings. The number of anilines is 1. The standard InChI is InChI=1S/C25H22N2O6/c1-16-4-7-19(8-5-16)27-24(28)18(14-26)12-17-6-10-21(23(13-17)30-2)32-15-20-9-11-22(33-20)25(29)31-3/h4-13H,15H2,1-3H3,(H,27,28)/b18-12+. The van der Waals surface area contributed by atoms with E-state index in [1.165, 1.54) is 26.4 Å². The molecule has 0 fully saturated rings. The first-order valence-corrected chi connectivity index (χ1v) is 9.91. The molecule has 0 atom stereocenters. The van der Waals surface area contributed by atoms with Crippen LogP contribution >= 0.6 is 0 Å². The first kappa shape index (κ1) is 23.2. The van der Waals surface area contributed by atoms with E-state index < -0.39 is 11.9 Å². The van der Waals surface area contributed by atoms with Crippen LogP contribution in [0.25, 0.3) is 6.08 Å². The Balaban J connectivity index is 1.72. The second-order valence-electron chi connectivity index (χ2n) is 6.95. The molecule has 1 aromatic heterocycles. The van der Waals surface area contributed by atoms with Crippen molar-refractivity contribution in [2.24, 2.45) is 0 Å². The summed E-state index contributed by atoms with van der Waals surface area (Å²) in [6.07, 6.45) is 1.46. The number of nitrogens with zero attached hydrogens (tertiary/aromatic N) is 1. The number of nitrogens with one attached hydrogen (secondary N) is 1. The summed E-state index contributed by atoms with van der Waals surface area (Å²) >= 11 is 0. The van der Waals surface area contributed by atoms with Crippen molar-refractivity contribution in [1.82, 2.24) is 0 Å². The van der Waals surface area contributed by atoms with Crippen LogP contribution in [0.2, 0.25) is 0 Å². The Labute approximate surface area is 191 Å². The lowest BCUT2D eigenvalue weighted by atomic mass is 10.1. The van der Waals surface area contributed by atoms with Crippen LogP contribution in [0, 0.1) is 18.3 Å². The van der Waals surface area contributed by atoms with Gasteiger partial charge in [0.2, 0.25) is 5.76 Å². The van der Waals surface area contributed by atoms with Gasteiger partial charge in [-0.25, -0.2) is 4.79 Å². The number of hydrogen-bond acceptors (Lipinski definition) is 7. The number of nitriles is 1. The zero-order valence-corrected chi connectivity index (χ0v) is 18.4. The Kier molecular flexibility index (Phi) is 7.50. The zero-order chi connectivity index (χ0) is 23.8. The molecule has 168 valence electrons. The molecule has 1 amide bonds. The maximum absolute atomic E-state index is 12.5. The Hall–Kier alpha value is -4.51. The molecule has 2 aromatic carbocycles. The topological polar surface area (TPSA) is 111 Å². The predicted octanol–water partition coefficient (Wildman–Crippen LogP) is 4.51. The fourth-order valence-corrected chi connectivity index (χ4v) is 2.86. The highest BCUT2D eigenvalue weighted by Crippen LogP contribution is 2.30. The summed E-state index contributed by atoms with van der Waals surface area (Å²) in [6.45, 7) is 2.01. The molecule has 0 radical (unpaired) electrons. The summed E-state index contributed by atoms with van der Waals surface area (Å²) in [5.74, 6) is 0.250. The number of carbonyl (C=O) groups excluding carboxylic acids is 2. The van der Waals surface area contributed by atoms with Gasteiger partial charge < -0.3 is 23.9 Å². The van der Waals surface area contributed by atoms with Gasteiger partial charge in [-0.1, -0.05) is 23.8 Å². The van der Waals surface area contributed by atoms with Gasteiger partial charge in [0.05, 0.1) is 14.2 Å². The third-order valence-electron chi connectivity index (χ3n) is 4.59. The number of methoxy groups -OCH3 is 2. The van der Waals surface area contributed by atoms with E-state index in [9.17, 15) is 14.9 Å². The Morgan fingerprint density at radius 2 is 1.82 bits per heavy atom. The molecule has 8 nitrogen and oxygen atoms in total. The third-order valence-corrected chi connectivity index (χ3v) is 4.59. The zero-order valence-electron chi connectivity index (χ0n) is 18.4. The van der Waals surface area contributed by atoms with E-state index in [4.69, 9.17) is 13.9 Å². The van der Waals surface area contributed by atoms with E-state index in [0.29, 0.717) is 28.5 Å². The summed E-state index contributed by atoms with van der Waals surface area (Å²) in [4.78, 5) is 24.0. The quantitative estimate of drug-likeness (QED) is 0.308. The molecule has 33 heavy (non-hydrogen) atoms. The van der Waals surface area contributed by atoms with Crippen LogP contribution < -0.4 is 14.8 Å². The molecule has 0 saturated heterocycles. The van der Waals surface area contributed by atoms with Gasteiger partial charge in [0.15, 0.2) is 11.5 Å². The maximum Gasteiger partial charge on any atom is 0.373 e. The second kappa shape index (κ2) is 10.7. The molecular formula is C25H22N2O6. The number of rotatable bonds is 8. The molecular weight excluding hydrogens is 424 g/mol. The number of furan rings is 1. The minimum atomic E-state index is -0.574. The Morgan fingerprint density at radius 1 is 1.06 bits per heavy atom. The van der Waals surface area contributed by atoms with Crippen molar-refractivity contribution in [1.29, 1.82) is 5.26 Å². The summed E-state index contributed by atoms with van der Waals surface area (Å²) < 4.78 is 21.1. The van der Waals surface area contributed by atoms with Gasteiger partial charge in [0, 0.05) is 5.69 Å².